The van der Waals surface area contributed by atoms with Crippen LogP contribution in [0.1, 0.15) is 6.92 Å². The van der Waals surface area contributed by atoms with Crippen LogP contribution in [0, 0.1) is 0 Å². The first-order valence-electron chi connectivity index (χ1n) is 10.4. The van der Waals surface area contributed by atoms with Crippen molar-refractivity contribution in [3.63, 3.8) is 0 Å². The number of quaternary nitrogens is 1. The second kappa shape index (κ2) is 10.7. The molecule has 1 unspecified atom stereocenters. The number of carbonyl (C=O) groups excluding carboxylic acids is 2. The molecule has 2 aromatic carbocycles. The highest BCUT2D eigenvalue weighted by Crippen LogP contribution is 2.31. The van der Waals surface area contributed by atoms with Crippen LogP contribution in [-0.4, -0.2) is 69.8 Å². The molecule has 8 nitrogen and oxygen atoms in total. The Morgan fingerprint density at radius 3 is 2.52 bits per heavy atom. The van der Waals surface area contributed by atoms with E-state index in [1.54, 1.807) is 36.3 Å². The van der Waals surface area contributed by atoms with Gasteiger partial charge in [0, 0.05) is 12.2 Å². The number of para-hydroxylation sites is 2. The Bertz CT molecular complexity index is 887. The molecule has 0 saturated heterocycles. The lowest BCUT2D eigenvalue weighted by Gasteiger charge is -2.31. The molecule has 31 heavy (non-hydrogen) atoms. The number of hydrogen-bond donors (Lipinski definition) is 2. The second-order valence-electron chi connectivity index (χ2n) is 7.52. The van der Waals surface area contributed by atoms with Gasteiger partial charge in [-0.1, -0.05) is 12.1 Å². The van der Waals surface area contributed by atoms with Gasteiger partial charge >= 0.3 is 0 Å². The van der Waals surface area contributed by atoms with Crippen molar-refractivity contribution in [3.8, 4) is 17.2 Å². The Kier molecular flexibility index (Phi) is 7.72. The Labute approximate surface area is 182 Å². The van der Waals surface area contributed by atoms with Crippen LogP contribution in [0.15, 0.2) is 48.5 Å². The summed E-state index contributed by atoms with van der Waals surface area (Å²) in [5.41, 5.74) is 0.690. The van der Waals surface area contributed by atoms with E-state index in [1.807, 2.05) is 38.2 Å². The quantitative estimate of drug-likeness (QED) is 0.619. The van der Waals surface area contributed by atoms with Crippen molar-refractivity contribution in [3.05, 3.63) is 48.5 Å². The van der Waals surface area contributed by atoms with E-state index >= 15 is 0 Å². The van der Waals surface area contributed by atoms with Gasteiger partial charge in [0.2, 0.25) is 0 Å². The Balaban J connectivity index is 1.46. The molecule has 1 aliphatic rings. The number of carbonyl (C=O) groups is 2. The normalized spacial score (nSPS) is 15.6. The zero-order valence-corrected chi connectivity index (χ0v) is 18.2. The van der Waals surface area contributed by atoms with Crippen LogP contribution in [0.25, 0.3) is 0 Å². The van der Waals surface area contributed by atoms with Crippen LogP contribution >= 0.6 is 0 Å². The summed E-state index contributed by atoms with van der Waals surface area (Å²) in [5, 5.41) is 2.84. The lowest BCUT2D eigenvalue weighted by Crippen LogP contribution is -3.11. The number of nitrogens with one attached hydrogen (secondary N) is 2. The Morgan fingerprint density at radius 1 is 1.13 bits per heavy atom. The molecule has 2 amide bonds. The third-order valence-corrected chi connectivity index (χ3v) is 5.02. The second-order valence-corrected chi connectivity index (χ2v) is 7.52. The van der Waals surface area contributed by atoms with Gasteiger partial charge in [-0.15, -0.1) is 0 Å². The summed E-state index contributed by atoms with van der Waals surface area (Å²) in [5.74, 6) is 1.96. The lowest BCUT2D eigenvalue weighted by molar-refractivity contribution is -0.862. The molecule has 0 bridgehead atoms. The molecular weight excluding hydrogens is 398 g/mol. The van der Waals surface area contributed by atoms with Crippen molar-refractivity contribution in [2.24, 2.45) is 0 Å². The molecule has 0 spiro atoms. The summed E-state index contributed by atoms with van der Waals surface area (Å²) in [6, 6.07) is 14.6. The molecule has 1 heterocycles. The topological polar surface area (TPSA) is 81.5 Å². The average Bonchev–Trinajstić information content (AvgIpc) is 2.77. The summed E-state index contributed by atoms with van der Waals surface area (Å²) in [6.45, 7) is 3.73. The van der Waals surface area contributed by atoms with E-state index in [2.05, 4.69) is 5.32 Å². The lowest BCUT2D eigenvalue weighted by atomic mass is 10.2. The smallest absolute Gasteiger partial charge is 0.279 e. The largest absolute Gasteiger partial charge is 0.497 e. The van der Waals surface area contributed by atoms with Crippen LogP contribution < -0.4 is 24.4 Å². The monoisotopic (exact) mass is 428 g/mol. The fraction of sp³-hybridized carbons (Fsp3) is 0.391. The Hall–Kier alpha value is -3.26. The number of nitrogens with zero attached hydrogens (tertiary/aromatic N) is 1. The minimum absolute atomic E-state index is 0.0280. The van der Waals surface area contributed by atoms with Gasteiger partial charge in [-0.05, 0) is 43.3 Å². The van der Waals surface area contributed by atoms with Gasteiger partial charge in [-0.3, -0.25) is 9.59 Å². The number of methoxy groups -OCH3 is 1. The molecule has 8 heteroatoms. The summed E-state index contributed by atoms with van der Waals surface area (Å²) < 4.78 is 16.8. The number of likely N-dealkylation sites (N-methyl/N-ethyl adjacent to an activating group) is 2. The van der Waals surface area contributed by atoms with Crippen molar-refractivity contribution in [2.45, 2.75) is 13.0 Å². The third-order valence-electron chi connectivity index (χ3n) is 5.02. The number of benzene rings is 2. The molecule has 0 fully saturated rings. The van der Waals surface area contributed by atoms with Gasteiger partial charge in [0.15, 0.2) is 30.7 Å². The molecule has 1 aliphatic heterocycles. The molecule has 2 atom stereocenters. The van der Waals surface area contributed by atoms with E-state index in [0.29, 0.717) is 31.1 Å². The van der Waals surface area contributed by atoms with E-state index < -0.39 is 0 Å². The number of rotatable bonds is 9. The summed E-state index contributed by atoms with van der Waals surface area (Å²) >= 11 is 0. The van der Waals surface area contributed by atoms with Crippen molar-refractivity contribution in [1.29, 1.82) is 0 Å². The van der Waals surface area contributed by atoms with E-state index in [-0.39, 0.29) is 31.0 Å². The van der Waals surface area contributed by atoms with Gasteiger partial charge < -0.3 is 29.3 Å². The van der Waals surface area contributed by atoms with E-state index in [4.69, 9.17) is 14.2 Å². The van der Waals surface area contributed by atoms with Crippen LogP contribution in [-0.2, 0) is 9.59 Å². The molecular formula is C23H30N3O5+. The van der Waals surface area contributed by atoms with Gasteiger partial charge in [-0.25, -0.2) is 0 Å². The number of ether oxygens (including phenoxy) is 3. The minimum atomic E-state index is -0.225. The highest BCUT2D eigenvalue weighted by molar-refractivity contribution is 5.91. The van der Waals surface area contributed by atoms with Crippen molar-refractivity contribution >= 4 is 17.5 Å². The van der Waals surface area contributed by atoms with Crippen LogP contribution in [0.2, 0.25) is 0 Å². The highest BCUT2D eigenvalue weighted by atomic mass is 16.6. The number of hydrogen-bond acceptors (Lipinski definition) is 5. The first kappa shape index (κ1) is 22.4. The van der Waals surface area contributed by atoms with Gasteiger partial charge in [0.25, 0.3) is 11.8 Å². The van der Waals surface area contributed by atoms with Crippen LogP contribution in [0.5, 0.6) is 17.2 Å². The maximum absolute atomic E-state index is 12.8. The molecule has 2 N–H and O–H groups in total. The number of anilines is 1. The fourth-order valence-electron chi connectivity index (χ4n) is 3.39. The van der Waals surface area contributed by atoms with Crippen molar-refractivity contribution in [1.82, 2.24) is 4.90 Å². The molecule has 0 aliphatic carbocycles. The van der Waals surface area contributed by atoms with E-state index in [0.717, 1.165) is 16.4 Å². The summed E-state index contributed by atoms with van der Waals surface area (Å²) in [6.07, 6.45) is -0.225. The van der Waals surface area contributed by atoms with Crippen LogP contribution in [0.3, 0.4) is 0 Å². The summed E-state index contributed by atoms with van der Waals surface area (Å²) in [7, 11) is 3.42. The molecule has 0 radical (unpaired) electrons. The van der Waals surface area contributed by atoms with Crippen molar-refractivity contribution in [2.75, 3.05) is 52.3 Å². The van der Waals surface area contributed by atoms with Gasteiger partial charge in [-0.2, -0.15) is 0 Å². The third kappa shape index (κ3) is 6.36. The minimum Gasteiger partial charge on any atom is -0.497 e. The predicted molar refractivity (Wildman–Crippen MR) is 117 cm³/mol. The molecule has 166 valence electrons. The average molecular weight is 429 g/mol. The van der Waals surface area contributed by atoms with E-state index in [9.17, 15) is 9.59 Å². The van der Waals surface area contributed by atoms with Gasteiger partial charge in [0.05, 0.1) is 20.7 Å². The SMILES string of the molecule is CCN(C[C@@H]1COc2ccccc2O1)C(=O)C[NH+](C)CC(=O)Nc1ccc(OC)cc1. The van der Waals surface area contributed by atoms with Crippen molar-refractivity contribution < 1.29 is 28.7 Å². The number of amides is 2. The van der Waals surface area contributed by atoms with Crippen LogP contribution in [0.4, 0.5) is 5.69 Å². The fourth-order valence-corrected chi connectivity index (χ4v) is 3.39. The summed E-state index contributed by atoms with van der Waals surface area (Å²) in [4.78, 5) is 27.6. The van der Waals surface area contributed by atoms with E-state index in [1.165, 1.54) is 0 Å². The molecule has 0 saturated carbocycles. The number of fused-ring (bicyclic) bond motifs is 1. The molecule has 2 aromatic rings. The molecule has 0 aromatic heterocycles. The first-order valence-corrected chi connectivity index (χ1v) is 10.4. The first-order chi connectivity index (χ1) is 15.0. The molecule has 3 rings (SSSR count). The predicted octanol–water partition coefficient (Wildman–Crippen LogP) is 0.837. The zero-order valence-electron chi connectivity index (χ0n) is 18.2. The Morgan fingerprint density at radius 2 is 1.84 bits per heavy atom. The standard InChI is InChI=1S/C23H29N3O5/c1-4-26(13-19-16-30-20-7-5-6-8-21(20)31-19)23(28)15-25(2)14-22(27)24-17-9-11-18(29-3)12-10-17/h5-12,19H,4,13-16H2,1-3H3,(H,24,27)/p+1/t19-/m1/s1. The maximum atomic E-state index is 12.8. The maximum Gasteiger partial charge on any atom is 0.279 e. The zero-order chi connectivity index (χ0) is 22.2. The van der Waals surface area contributed by atoms with Gasteiger partial charge in [0.1, 0.15) is 12.4 Å². The highest BCUT2D eigenvalue weighted by Gasteiger charge is 2.26.